The molecule has 124 valence electrons. The molecule has 0 aliphatic carbocycles. The van der Waals surface area contributed by atoms with Crippen LogP contribution in [0.25, 0.3) is 0 Å². The molecule has 0 aliphatic heterocycles. The van der Waals surface area contributed by atoms with Gasteiger partial charge in [-0.3, -0.25) is 9.59 Å². The van der Waals surface area contributed by atoms with E-state index >= 15 is 0 Å². The van der Waals surface area contributed by atoms with Gasteiger partial charge < -0.3 is 5.32 Å². The monoisotopic (exact) mass is 347 g/mol. The highest BCUT2D eigenvalue weighted by atomic mass is 35.5. The molecule has 2 aromatic carbocycles. The number of carbonyl (C=O) groups excluding carboxylic acids is 2. The number of amides is 2. The van der Waals surface area contributed by atoms with E-state index in [1.807, 2.05) is 0 Å². The minimum Gasteiger partial charge on any atom is -0.326 e. The Morgan fingerprint density at radius 1 is 1.17 bits per heavy atom. The van der Waals surface area contributed by atoms with E-state index in [2.05, 4.69) is 15.8 Å². The van der Waals surface area contributed by atoms with Gasteiger partial charge in [0.05, 0.1) is 6.42 Å². The van der Waals surface area contributed by atoms with Crippen molar-refractivity contribution >= 4 is 34.8 Å². The summed E-state index contributed by atoms with van der Waals surface area (Å²) in [6, 6.07) is 11.9. The molecular formula is C17H15ClFN3O2. The molecule has 24 heavy (non-hydrogen) atoms. The lowest BCUT2D eigenvalue weighted by Crippen LogP contribution is -2.21. The maximum Gasteiger partial charge on any atom is 0.271 e. The number of hydrogen-bond donors (Lipinski definition) is 2. The molecule has 2 rings (SSSR count). The summed E-state index contributed by atoms with van der Waals surface area (Å²) in [4.78, 5) is 23.7. The fourth-order valence-corrected chi connectivity index (χ4v) is 2.04. The fourth-order valence-electron chi connectivity index (χ4n) is 1.85. The summed E-state index contributed by atoms with van der Waals surface area (Å²) >= 11 is 5.82. The van der Waals surface area contributed by atoms with Crippen LogP contribution >= 0.6 is 11.6 Å². The lowest BCUT2D eigenvalue weighted by molar-refractivity contribution is -0.115. The van der Waals surface area contributed by atoms with Crippen LogP contribution in [0.3, 0.4) is 0 Å². The van der Waals surface area contributed by atoms with Crippen molar-refractivity contribution in [2.45, 2.75) is 13.3 Å². The first kappa shape index (κ1) is 17.6. The number of benzene rings is 2. The van der Waals surface area contributed by atoms with E-state index in [0.29, 0.717) is 22.0 Å². The lowest BCUT2D eigenvalue weighted by Gasteiger charge is -2.05. The van der Waals surface area contributed by atoms with Gasteiger partial charge in [-0.25, -0.2) is 9.82 Å². The highest BCUT2D eigenvalue weighted by molar-refractivity contribution is 6.30. The first-order valence-corrected chi connectivity index (χ1v) is 7.46. The molecule has 0 aliphatic rings. The number of halogens is 2. The number of carbonyl (C=O) groups is 2. The highest BCUT2D eigenvalue weighted by Crippen LogP contribution is 2.11. The van der Waals surface area contributed by atoms with Crippen LogP contribution in [0, 0.1) is 5.82 Å². The van der Waals surface area contributed by atoms with Crippen LogP contribution in [-0.2, 0) is 4.79 Å². The van der Waals surface area contributed by atoms with Crippen molar-refractivity contribution in [2.75, 3.05) is 5.32 Å². The zero-order valence-electron chi connectivity index (χ0n) is 12.8. The van der Waals surface area contributed by atoms with Gasteiger partial charge in [-0.05, 0) is 49.4 Å². The van der Waals surface area contributed by atoms with Crippen LogP contribution in [0.2, 0.25) is 5.02 Å². The summed E-state index contributed by atoms with van der Waals surface area (Å²) in [5.74, 6) is -1.12. The van der Waals surface area contributed by atoms with E-state index in [-0.39, 0.29) is 18.1 Å². The summed E-state index contributed by atoms with van der Waals surface area (Å²) in [5.41, 5.74) is 3.64. The van der Waals surface area contributed by atoms with Crippen molar-refractivity contribution in [3.05, 3.63) is 64.9 Å². The smallest absolute Gasteiger partial charge is 0.271 e. The summed E-state index contributed by atoms with van der Waals surface area (Å²) < 4.78 is 12.8. The zero-order chi connectivity index (χ0) is 17.5. The first-order chi connectivity index (χ1) is 11.4. The van der Waals surface area contributed by atoms with Crippen molar-refractivity contribution in [3.8, 4) is 0 Å². The third-order valence-electron chi connectivity index (χ3n) is 2.98. The lowest BCUT2D eigenvalue weighted by atomic mass is 10.2. The molecule has 0 saturated heterocycles. The van der Waals surface area contributed by atoms with Gasteiger partial charge in [-0.1, -0.05) is 17.7 Å². The average Bonchev–Trinajstić information content (AvgIpc) is 2.54. The second-order valence-corrected chi connectivity index (χ2v) is 5.47. The van der Waals surface area contributed by atoms with Crippen molar-refractivity contribution in [2.24, 2.45) is 5.10 Å². The maximum atomic E-state index is 12.8. The molecular weight excluding hydrogens is 333 g/mol. The Bertz CT molecular complexity index is 776. The largest absolute Gasteiger partial charge is 0.326 e. The van der Waals surface area contributed by atoms with E-state index in [1.54, 1.807) is 25.1 Å². The summed E-state index contributed by atoms with van der Waals surface area (Å²) in [6.07, 6.45) is -0.00674. The molecule has 0 aromatic heterocycles. The maximum absolute atomic E-state index is 12.8. The third kappa shape index (κ3) is 5.48. The summed E-state index contributed by atoms with van der Waals surface area (Å²) in [6.45, 7) is 1.61. The molecule has 0 atom stereocenters. The molecule has 2 aromatic rings. The summed E-state index contributed by atoms with van der Waals surface area (Å²) in [5, 5.41) is 6.94. The molecule has 5 nitrogen and oxygen atoms in total. The summed E-state index contributed by atoms with van der Waals surface area (Å²) in [7, 11) is 0. The van der Waals surface area contributed by atoms with Crippen molar-refractivity contribution in [1.82, 2.24) is 5.43 Å². The van der Waals surface area contributed by atoms with Crippen molar-refractivity contribution in [1.29, 1.82) is 0 Å². The van der Waals surface area contributed by atoms with Crippen LogP contribution in [0.4, 0.5) is 10.1 Å². The molecule has 0 unspecified atom stereocenters. The Hall–Kier alpha value is -2.73. The Balaban J connectivity index is 1.87. The van der Waals surface area contributed by atoms with Gasteiger partial charge in [-0.2, -0.15) is 5.10 Å². The highest BCUT2D eigenvalue weighted by Gasteiger charge is 2.07. The van der Waals surface area contributed by atoms with Gasteiger partial charge in [-0.15, -0.1) is 0 Å². The topological polar surface area (TPSA) is 70.6 Å². The molecule has 0 fully saturated rings. The normalized spacial score (nSPS) is 11.0. The number of rotatable bonds is 5. The van der Waals surface area contributed by atoms with Crippen LogP contribution in [0.5, 0.6) is 0 Å². The number of anilines is 1. The van der Waals surface area contributed by atoms with Crippen LogP contribution < -0.4 is 10.7 Å². The van der Waals surface area contributed by atoms with Gasteiger partial charge in [0.1, 0.15) is 5.82 Å². The zero-order valence-corrected chi connectivity index (χ0v) is 13.6. The molecule has 0 heterocycles. The van der Waals surface area contributed by atoms with Gasteiger partial charge in [0.25, 0.3) is 5.91 Å². The Morgan fingerprint density at radius 3 is 2.54 bits per heavy atom. The van der Waals surface area contributed by atoms with Crippen LogP contribution in [0.15, 0.2) is 53.6 Å². The van der Waals surface area contributed by atoms with Gasteiger partial charge in [0.15, 0.2) is 0 Å². The number of hydrazone groups is 1. The van der Waals surface area contributed by atoms with Gasteiger partial charge >= 0.3 is 0 Å². The van der Waals surface area contributed by atoms with E-state index in [1.165, 1.54) is 30.3 Å². The molecule has 7 heteroatoms. The van der Waals surface area contributed by atoms with E-state index in [4.69, 9.17) is 11.6 Å². The molecule has 2 amide bonds. The molecule has 0 radical (unpaired) electrons. The minimum absolute atomic E-state index is 0.00674. The van der Waals surface area contributed by atoms with E-state index < -0.39 is 5.91 Å². The fraction of sp³-hybridized carbons (Fsp3) is 0.118. The molecule has 0 spiro atoms. The molecule has 2 N–H and O–H groups in total. The second kappa shape index (κ2) is 8.21. The predicted octanol–water partition coefficient (Wildman–Crippen LogP) is 3.61. The van der Waals surface area contributed by atoms with E-state index in [9.17, 15) is 14.0 Å². The Morgan fingerprint density at radius 2 is 1.88 bits per heavy atom. The van der Waals surface area contributed by atoms with Crippen molar-refractivity contribution in [3.63, 3.8) is 0 Å². The van der Waals surface area contributed by atoms with Crippen molar-refractivity contribution < 1.29 is 14.0 Å². The van der Waals surface area contributed by atoms with Crippen LogP contribution in [0.1, 0.15) is 23.7 Å². The number of nitrogens with one attached hydrogen (secondary N) is 2. The van der Waals surface area contributed by atoms with E-state index in [0.717, 1.165) is 0 Å². The SMILES string of the molecule is CC(CC(=O)Nc1ccc(F)cc1)=NNC(=O)c1cccc(Cl)c1. The standard InChI is InChI=1S/C17H15ClFN3O2/c1-11(9-16(23)20-15-7-5-14(19)6-8-15)21-22-17(24)12-3-2-4-13(18)10-12/h2-8,10H,9H2,1H3,(H,20,23)(H,22,24). The average molecular weight is 348 g/mol. The number of nitrogens with zero attached hydrogens (tertiary/aromatic N) is 1. The third-order valence-corrected chi connectivity index (χ3v) is 3.21. The quantitative estimate of drug-likeness (QED) is 0.640. The molecule has 0 bridgehead atoms. The predicted molar refractivity (Wildman–Crippen MR) is 91.7 cm³/mol. The van der Waals surface area contributed by atoms with Gasteiger partial charge in [0, 0.05) is 22.0 Å². The first-order valence-electron chi connectivity index (χ1n) is 7.08. The second-order valence-electron chi connectivity index (χ2n) is 5.03. The Kier molecular flexibility index (Phi) is 6.03. The molecule has 0 saturated carbocycles. The Labute approximate surface area is 143 Å². The van der Waals surface area contributed by atoms with Gasteiger partial charge in [0.2, 0.25) is 5.91 Å². The number of hydrogen-bond acceptors (Lipinski definition) is 3. The minimum atomic E-state index is -0.421. The van der Waals surface area contributed by atoms with Crippen LogP contribution in [-0.4, -0.2) is 17.5 Å².